The Kier molecular flexibility index (Phi) is 7.10. The van der Waals surface area contributed by atoms with E-state index in [0.29, 0.717) is 12.2 Å². The lowest BCUT2D eigenvalue weighted by Crippen LogP contribution is -2.17. The minimum Gasteiger partial charge on any atom is -0.416 e. The minimum absolute atomic E-state index is 0.0291. The maximum atomic E-state index is 12.6. The van der Waals surface area contributed by atoms with Crippen LogP contribution < -0.4 is 10.3 Å². The van der Waals surface area contributed by atoms with E-state index in [1.165, 1.54) is 16.7 Å². The summed E-state index contributed by atoms with van der Waals surface area (Å²) in [6.45, 7) is 4.16. The molecule has 6 nitrogen and oxygen atoms in total. The van der Waals surface area contributed by atoms with Crippen LogP contribution in [0.2, 0.25) is 0 Å². The maximum Gasteiger partial charge on any atom is 0.361 e. The molecule has 4 rings (SSSR count). The number of aromatic nitrogens is 3. The Bertz CT molecular complexity index is 1310. The van der Waals surface area contributed by atoms with Gasteiger partial charge in [-0.1, -0.05) is 36.4 Å². The summed E-state index contributed by atoms with van der Waals surface area (Å²) in [4.78, 5) is 28.6. The first kappa shape index (κ1) is 22.6. The van der Waals surface area contributed by atoms with Gasteiger partial charge in [0, 0.05) is 16.8 Å². The molecular formula is C26H25N3O3S. The van der Waals surface area contributed by atoms with Gasteiger partial charge in [-0.2, -0.15) is 5.10 Å². The third-order valence-electron chi connectivity index (χ3n) is 5.38. The van der Waals surface area contributed by atoms with Gasteiger partial charge < -0.3 is 9.72 Å². The summed E-state index contributed by atoms with van der Waals surface area (Å²) in [7, 11) is 0. The van der Waals surface area contributed by atoms with Crippen molar-refractivity contribution in [3.63, 3.8) is 0 Å². The van der Waals surface area contributed by atoms with Gasteiger partial charge in [-0.15, -0.1) is 11.8 Å². The molecule has 2 heterocycles. The Morgan fingerprint density at radius 2 is 1.79 bits per heavy atom. The van der Waals surface area contributed by atoms with E-state index < -0.39 is 11.5 Å². The third-order valence-corrected chi connectivity index (χ3v) is 6.44. The molecule has 0 bridgehead atoms. The van der Waals surface area contributed by atoms with Gasteiger partial charge in [0.05, 0.1) is 5.69 Å². The Morgan fingerprint density at radius 1 is 0.970 bits per heavy atom. The average molecular weight is 460 g/mol. The van der Waals surface area contributed by atoms with Crippen molar-refractivity contribution in [2.75, 3.05) is 0 Å². The highest BCUT2D eigenvalue weighted by atomic mass is 32.2. The molecule has 0 aliphatic heterocycles. The molecule has 0 fully saturated rings. The van der Waals surface area contributed by atoms with Crippen molar-refractivity contribution in [2.24, 2.45) is 0 Å². The standard InChI is InChI=1S/C26H25N3O3S/c1-17-8-11-22(12-18(17)2)33-16-20-13-24(25(30)27-15-20)32-26(31)23-14-21(28-29-23)10-9-19-6-4-3-5-7-19/h3-8,11-15H,9-10,16H2,1-2H3,(H,27,30)(H,28,29). The quantitative estimate of drug-likeness (QED) is 0.286. The van der Waals surface area contributed by atoms with Crippen molar-refractivity contribution in [3.8, 4) is 5.75 Å². The van der Waals surface area contributed by atoms with E-state index in [0.717, 1.165) is 22.6 Å². The van der Waals surface area contributed by atoms with Crippen molar-refractivity contribution >= 4 is 17.7 Å². The number of H-pyrrole nitrogens is 2. The van der Waals surface area contributed by atoms with Gasteiger partial charge in [-0.3, -0.25) is 9.89 Å². The van der Waals surface area contributed by atoms with Crippen LogP contribution in [0.5, 0.6) is 5.75 Å². The third kappa shape index (κ3) is 6.02. The van der Waals surface area contributed by atoms with Crippen molar-refractivity contribution in [3.05, 3.63) is 111 Å². The van der Waals surface area contributed by atoms with E-state index in [1.807, 2.05) is 18.2 Å². The number of hydrogen-bond donors (Lipinski definition) is 2. The number of hydrogen-bond acceptors (Lipinski definition) is 5. The number of pyridine rings is 1. The van der Waals surface area contributed by atoms with Crippen LogP contribution >= 0.6 is 11.8 Å². The van der Waals surface area contributed by atoms with Crippen LogP contribution in [0.15, 0.2) is 76.6 Å². The molecule has 0 unspecified atom stereocenters. The molecule has 0 aliphatic rings. The molecule has 33 heavy (non-hydrogen) atoms. The highest BCUT2D eigenvalue weighted by molar-refractivity contribution is 7.98. The number of esters is 1. The number of nitrogens with zero attached hydrogens (tertiary/aromatic N) is 1. The molecule has 4 aromatic rings. The fourth-order valence-electron chi connectivity index (χ4n) is 3.30. The Balaban J connectivity index is 1.38. The lowest BCUT2D eigenvalue weighted by molar-refractivity contribution is 0.0726. The Labute approximate surface area is 196 Å². The van der Waals surface area contributed by atoms with Gasteiger partial charge in [0.2, 0.25) is 0 Å². The number of nitrogens with one attached hydrogen (secondary N) is 2. The largest absolute Gasteiger partial charge is 0.416 e. The average Bonchev–Trinajstić information content (AvgIpc) is 3.30. The molecule has 2 aromatic heterocycles. The molecule has 0 aliphatic carbocycles. The molecule has 0 saturated heterocycles. The first-order valence-electron chi connectivity index (χ1n) is 10.7. The summed E-state index contributed by atoms with van der Waals surface area (Å²) >= 11 is 1.65. The first-order chi connectivity index (χ1) is 16.0. The summed E-state index contributed by atoms with van der Waals surface area (Å²) in [5.74, 6) is -0.0334. The van der Waals surface area contributed by atoms with Crippen molar-refractivity contribution < 1.29 is 9.53 Å². The summed E-state index contributed by atoms with van der Waals surface area (Å²) in [6.07, 6.45) is 3.16. The smallest absolute Gasteiger partial charge is 0.361 e. The fourth-order valence-corrected chi connectivity index (χ4v) is 4.23. The Morgan fingerprint density at radius 3 is 2.58 bits per heavy atom. The predicted molar refractivity (Wildman–Crippen MR) is 130 cm³/mol. The number of carbonyl (C=O) groups is 1. The van der Waals surface area contributed by atoms with Crippen LogP contribution in [-0.4, -0.2) is 21.2 Å². The molecule has 168 valence electrons. The molecule has 0 spiro atoms. The minimum atomic E-state index is -0.641. The molecule has 2 aromatic carbocycles. The van der Waals surface area contributed by atoms with Crippen molar-refractivity contribution in [1.82, 2.24) is 15.2 Å². The second-order valence-corrected chi connectivity index (χ2v) is 8.93. The van der Waals surface area contributed by atoms with Gasteiger partial charge in [-0.05, 0) is 73.2 Å². The predicted octanol–water partition coefficient (Wildman–Crippen LogP) is 5.01. The van der Waals surface area contributed by atoms with Crippen LogP contribution in [0.3, 0.4) is 0 Å². The van der Waals surface area contributed by atoms with Gasteiger partial charge >= 0.3 is 5.97 Å². The normalized spacial score (nSPS) is 10.8. The van der Waals surface area contributed by atoms with Crippen molar-refractivity contribution in [2.45, 2.75) is 37.3 Å². The van der Waals surface area contributed by atoms with E-state index in [-0.39, 0.29) is 11.4 Å². The van der Waals surface area contributed by atoms with Crippen LogP contribution in [0.4, 0.5) is 0 Å². The van der Waals surface area contributed by atoms with E-state index in [9.17, 15) is 9.59 Å². The van der Waals surface area contributed by atoms with E-state index >= 15 is 0 Å². The van der Waals surface area contributed by atoms with E-state index in [1.54, 1.807) is 30.1 Å². The molecule has 7 heteroatoms. The lowest BCUT2D eigenvalue weighted by atomic mass is 10.1. The zero-order chi connectivity index (χ0) is 23.2. The number of aryl methyl sites for hydroxylation is 4. The van der Waals surface area contributed by atoms with Crippen LogP contribution in [-0.2, 0) is 18.6 Å². The fraction of sp³-hybridized carbons (Fsp3) is 0.192. The van der Waals surface area contributed by atoms with Crippen molar-refractivity contribution in [1.29, 1.82) is 0 Å². The SMILES string of the molecule is Cc1ccc(SCc2c[nH]c(=O)c(OC(=O)c3cc(CCc4ccccc4)n[nH]3)c2)cc1C. The number of ether oxygens (including phenoxy) is 1. The molecule has 0 radical (unpaired) electrons. The maximum absolute atomic E-state index is 12.6. The van der Waals surface area contributed by atoms with Crippen LogP contribution in [0.25, 0.3) is 0 Å². The van der Waals surface area contributed by atoms with E-state index in [2.05, 4.69) is 59.4 Å². The van der Waals surface area contributed by atoms with Gasteiger partial charge in [0.25, 0.3) is 5.56 Å². The topological polar surface area (TPSA) is 87.8 Å². The van der Waals surface area contributed by atoms with E-state index in [4.69, 9.17) is 4.74 Å². The number of thioether (sulfide) groups is 1. The zero-order valence-electron chi connectivity index (χ0n) is 18.6. The lowest BCUT2D eigenvalue weighted by Gasteiger charge is -2.07. The summed E-state index contributed by atoms with van der Waals surface area (Å²) in [5, 5.41) is 6.91. The van der Waals surface area contributed by atoms with Crippen LogP contribution in [0.1, 0.15) is 38.4 Å². The number of carbonyl (C=O) groups excluding carboxylic acids is 1. The second kappa shape index (κ2) is 10.4. The molecule has 0 amide bonds. The summed E-state index contributed by atoms with van der Waals surface area (Å²) < 4.78 is 5.37. The van der Waals surface area contributed by atoms with Gasteiger partial charge in [-0.25, -0.2) is 4.79 Å². The van der Waals surface area contributed by atoms with Gasteiger partial charge in [0.1, 0.15) is 5.69 Å². The first-order valence-corrected chi connectivity index (χ1v) is 11.7. The number of benzene rings is 2. The molecule has 0 saturated carbocycles. The molecule has 0 atom stereocenters. The molecule has 2 N–H and O–H groups in total. The summed E-state index contributed by atoms with van der Waals surface area (Å²) in [5.41, 5.74) is 5.07. The second-order valence-electron chi connectivity index (χ2n) is 7.88. The Hall–Kier alpha value is -3.58. The highest BCUT2D eigenvalue weighted by Gasteiger charge is 2.15. The van der Waals surface area contributed by atoms with Gasteiger partial charge in [0.15, 0.2) is 5.75 Å². The highest BCUT2D eigenvalue weighted by Crippen LogP contribution is 2.25. The van der Waals surface area contributed by atoms with Crippen LogP contribution in [0, 0.1) is 13.8 Å². The zero-order valence-corrected chi connectivity index (χ0v) is 19.4. The number of aromatic amines is 2. The summed E-state index contributed by atoms with van der Waals surface area (Å²) in [6, 6.07) is 19.7. The molecular weight excluding hydrogens is 434 g/mol. The monoisotopic (exact) mass is 459 g/mol. The number of rotatable bonds is 8.